The van der Waals surface area contributed by atoms with E-state index in [1.54, 1.807) is 6.07 Å². The van der Waals surface area contributed by atoms with E-state index in [4.69, 9.17) is 0 Å². The number of benzene rings is 1. The van der Waals surface area contributed by atoms with E-state index in [1.165, 1.54) is 6.07 Å². The molecule has 0 aliphatic carbocycles. The molecule has 0 fully saturated rings. The molecule has 2 rings (SSSR count). The second-order valence-corrected chi connectivity index (χ2v) is 5.29. The molecule has 1 atom stereocenters. The number of halogens is 1. The first-order valence-electron chi connectivity index (χ1n) is 6.86. The molecular formula is C17H20FNO. The summed E-state index contributed by atoms with van der Waals surface area (Å²) >= 11 is 0. The van der Waals surface area contributed by atoms with E-state index in [9.17, 15) is 9.50 Å². The Balaban J connectivity index is 2.39. The fourth-order valence-corrected chi connectivity index (χ4v) is 2.47. The van der Waals surface area contributed by atoms with Gasteiger partial charge in [-0.3, -0.25) is 4.98 Å². The number of aromatic nitrogens is 1. The molecule has 1 N–H and O–H groups in total. The topological polar surface area (TPSA) is 33.1 Å². The average Bonchev–Trinajstić information content (AvgIpc) is 2.43. The van der Waals surface area contributed by atoms with E-state index in [-0.39, 0.29) is 5.82 Å². The second-order valence-electron chi connectivity index (χ2n) is 5.29. The fourth-order valence-electron chi connectivity index (χ4n) is 2.47. The van der Waals surface area contributed by atoms with Crippen molar-refractivity contribution in [2.45, 2.75) is 39.2 Å². The number of aliphatic hydroxyl groups is 1. The Kier molecular flexibility index (Phi) is 4.19. The predicted molar refractivity (Wildman–Crippen MR) is 78.0 cm³/mol. The van der Waals surface area contributed by atoms with E-state index in [2.05, 4.69) is 4.98 Å². The average molecular weight is 273 g/mol. The Morgan fingerprint density at radius 1 is 1.15 bits per heavy atom. The van der Waals surface area contributed by atoms with Crippen LogP contribution < -0.4 is 0 Å². The molecular weight excluding hydrogens is 253 g/mol. The van der Waals surface area contributed by atoms with Gasteiger partial charge in [0, 0.05) is 6.42 Å². The number of hydrogen-bond donors (Lipinski definition) is 1. The van der Waals surface area contributed by atoms with Gasteiger partial charge in [0.2, 0.25) is 0 Å². The van der Waals surface area contributed by atoms with Gasteiger partial charge in [0.05, 0.1) is 11.9 Å². The molecule has 1 aromatic carbocycles. The van der Waals surface area contributed by atoms with Gasteiger partial charge in [-0.05, 0) is 49.1 Å². The van der Waals surface area contributed by atoms with Crippen LogP contribution in [0.1, 0.15) is 35.7 Å². The monoisotopic (exact) mass is 273 g/mol. The van der Waals surface area contributed by atoms with Crippen molar-refractivity contribution in [1.82, 2.24) is 4.98 Å². The first-order chi connectivity index (χ1) is 9.46. The number of pyridine rings is 1. The van der Waals surface area contributed by atoms with Crippen molar-refractivity contribution in [3.63, 3.8) is 0 Å². The van der Waals surface area contributed by atoms with Crippen molar-refractivity contribution < 1.29 is 9.50 Å². The molecule has 1 aromatic heterocycles. The maximum atomic E-state index is 13.0. The van der Waals surface area contributed by atoms with Crippen LogP contribution >= 0.6 is 0 Å². The van der Waals surface area contributed by atoms with Crippen LogP contribution in [0.4, 0.5) is 4.39 Å². The Bertz CT molecular complexity index is 574. The maximum Gasteiger partial charge on any atom is 0.141 e. The summed E-state index contributed by atoms with van der Waals surface area (Å²) in [4.78, 5) is 4.05. The largest absolute Gasteiger partial charge is 0.383 e. The summed E-state index contributed by atoms with van der Waals surface area (Å²) in [6, 6.07) is 8.99. The molecule has 3 heteroatoms. The Morgan fingerprint density at radius 3 is 2.30 bits per heavy atom. The summed E-state index contributed by atoms with van der Waals surface area (Å²) in [5, 5.41) is 10.9. The van der Waals surface area contributed by atoms with Gasteiger partial charge in [-0.2, -0.15) is 0 Å². The lowest BCUT2D eigenvalue weighted by atomic mass is 9.85. The lowest BCUT2D eigenvalue weighted by Gasteiger charge is -2.28. The van der Waals surface area contributed by atoms with Crippen LogP contribution in [0, 0.1) is 19.7 Å². The molecule has 1 heterocycles. The van der Waals surface area contributed by atoms with Gasteiger partial charge in [0.1, 0.15) is 11.4 Å². The van der Waals surface area contributed by atoms with Crippen LogP contribution in [-0.2, 0) is 12.0 Å². The van der Waals surface area contributed by atoms with Gasteiger partial charge in [-0.1, -0.05) is 25.1 Å². The van der Waals surface area contributed by atoms with E-state index in [1.807, 2.05) is 39.0 Å². The summed E-state index contributed by atoms with van der Waals surface area (Å²) in [6.45, 7) is 5.99. The van der Waals surface area contributed by atoms with Gasteiger partial charge in [-0.15, -0.1) is 0 Å². The number of rotatable bonds is 4. The van der Waals surface area contributed by atoms with Crippen LogP contribution in [0.2, 0.25) is 0 Å². The summed E-state index contributed by atoms with van der Waals surface area (Å²) in [7, 11) is 0. The molecule has 2 nitrogen and oxygen atoms in total. The molecule has 0 aliphatic heterocycles. The minimum absolute atomic E-state index is 0.390. The third-order valence-electron chi connectivity index (χ3n) is 3.90. The highest BCUT2D eigenvalue weighted by atomic mass is 19.1. The Labute approximate surface area is 119 Å². The lowest BCUT2D eigenvalue weighted by molar-refractivity contribution is 0.0279. The third-order valence-corrected chi connectivity index (χ3v) is 3.90. The van der Waals surface area contributed by atoms with Crippen LogP contribution in [0.3, 0.4) is 0 Å². The quantitative estimate of drug-likeness (QED) is 0.922. The number of hydrogen-bond acceptors (Lipinski definition) is 2. The van der Waals surface area contributed by atoms with Crippen molar-refractivity contribution in [3.05, 3.63) is 64.7 Å². The van der Waals surface area contributed by atoms with E-state index in [0.29, 0.717) is 18.5 Å². The molecule has 0 aliphatic rings. The highest BCUT2D eigenvalue weighted by molar-refractivity contribution is 5.35. The molecule has 106 valence electrons. The molecule has 0 saturated carbocycles. The minimum Gasteiger partial charge on any atom is -0.383 e. The summed E-state index contributed by atoms with van der Waals surface area (Å²) in [6.07, 6.45) is 2.17. The van der Waals surface area contributed by atoms with Crippen LogP contribution in [0.25, 0.3) is 0 Å². The van der Waals surface area contributed by atoms with Crippen LogP contribution in [-0.4, -0.2) is 10.1 Å². The Hall–Kier alpha value is -1.74. The van der Waals surface area contributed by atoms with Gasteiger partial charge < -0.3 is 5.11 Å². The van der Waals surface area contributed by atoms with Crippen molar-refractivity contribution in [3.8, 4) is 0 Å². The normalized spacial score (nSPS) is 14.1. The predicted octanol–water partition coefficient (Wildman–Crippen LogP) is 3.68. The zero-order valence-corrected chi connectivity index (χ0v) is 12.2. The van der Waals surface area contributed by atoms with Crippen LogP contribution in [0.15, 0.2) is 36.5 Å². The molecule has 2 aromatic rings. The van der Waals surface area contributed by atoms with Gasteiger partial charge >= 0.3 is 0 Å². The first-order valence-corrected chi connectivity index (χ1v) is 6.86. The zero-order valence-electron chi connectivity index (χ0n) is 12.2. The molecule has 0 bridgehead atoms. The summed E-state index contributed by atoms with van der Waals surface area (Å²) < 4.78 is 13.0. The van der Waals surface area contributed by atoms with Crippen molar-refractivity contribution in [1.29, 1.82) is 0 Å². The van der Waals surface area contributed by atoms with E-state index < -0.39 is 5.60 Å². The smallest absolute Gasteiger partial charge is 0.141 e. The van der Waals surface area contributed by atoms with Crippen molar-refractivity contribution in [2.75, 3.05) is 0 Å². The zero-order chi connectivity index (χ0) is 14.8. The number of aryl methyl sites for hydroxylation is 2. The van der Waals surface area contributed by atoms with Crippen molar-refractivity contribution >= 4 is 0 Å². The van der Waals surface area contributed by atoms with Gasteiger partial charge in [0.25, 0.3) is 0 Å². The fraction of sp³-hybridized carbons (Fsp3) is 0.353. The highest BCUT2D eigenvalue weighted by Crippen LogP contribution is 2.30. The standard InChI is InChI=1S/C17H20FNO/c1-4-17(20,16-9-8-14(18)11-19-16)10-15-12(2)6-5-7-13(15)3/h5-9,11,20H,4,10H2,1-3H3. The molecule has 20 heavy (non-hydrogen) atoms. The van der Waals surface area contributed by atoms with E-state index in [0.717, 1.165) is 22.9 Å². The van der Waals surface area contributed by atoms with Crippen LogP contribution in [0.5, 0.6) is 0 Å². The SMILES string of the molecule is CCC(O)(Cc1c(C)cccc1C)c1ccc(F)cn1. The molecule has 0 amide bonds. The highest BCUT2D eigenvalue weighted by Gasteiger charge is 2.30. The Morgan fingerprint density at radius 2 is 1.80 bits per heavy atom. The summed E-state index contributed by atoms with van der Waals surface area (Å²) in [5.41, 5.74) is 2.88. The van der Waals surface area contributed by atoms with Crippen molar-refractivity contribution in [2.24, 2.45) is 0 Å². The molecule has 0 radical (unpaired) electrons. The molecule has 0 saturated heterocycles. The maximum absolute atomic E-state index is 13.0. The molecule has 0 spiro atoms. The number of nitrogens with zero attached hydrogens (tertiary/aromatic N) is 1. The second kappa shape index (κ2) is 5.71. The van der Waals surface area contributed by atoms with Gasteiger partial charge in [0.15, 0.2) is 0 Å². The summed E-state index contributed by atoms with van der Waals surface area (Å²) in [5.74, 6) is -0.390. The first kappa shape index (κ1) is 14.7. The molecule has 1 unspecified atom stereocenters. The van der Waals surface area contributed by atoms with E-state index >= 15 is 0 Å². The lowest BCUT2D eigenvalue weighted by Crippen LogP contribution is -2.29. The third kappa shape index (κ3) is 2.88. The minimum atomic E-state index is -1.06. The van der Waals surface area contributed by atoms with Gasteiger partial charge in [-0.25, -0.2) is 4.39 Å².